The van der Waals surface area contributed by atoms with Crippen molar-refractivity contribution in [2.24, 2.45) is 7.05 Å². The van der Waals surface area contributed by atoms with Gasteiger partial charge in [0, 0.05) is 7.05 Å². The lowest BCUT2D eigenvalue weighted by molar-refractivity contribution is 0.0477. The molecule has 0 amide bonds. The molecule has 1 heterocycles. The van der Waals surface area contributed by atoms with Crippen molar-refractivity contribution in [3.05, 3.63) is 57.4 Å². The Kier molecular flexibility index (Phi) is 6.28. The number of carbonyl (C=O) groups excluding carboxylic acids is 3. The number of ether oxygens (including phenoxy) is 2. The number of pyridine rings is 1. The zero-order valence-corrected chi connectivity index (χ0v) is 15.7. The summed E-state index contributed by atoms with van der Waals surface area (Å²) in [6, 6.07) is 8.64. The molecule has 0 saturated carbocycles. The molecule has 0 fully saturated rings. The van der Waals surface area contributed by atoms with Gasteiger partial charge in [-0.05, 0) is 26.3 Å². The van der Waals surface area contributed by atoms with Crippen molar-refractivity contribution in [2.75, 3.05) is 13.2 Å². The van der Waals surface area contributed by atoms with Gasteiger partial charge < -0.3 is 14.0 Å². The lowest BCUT2D eigenvalue weighted by Crippen LogP contribution is -2.33. The number of hydrogen-bond donors (Lipinski definition) is 0. The van der Waals surface area contributed by atoms with Gasteiger partial charge in [0.15, 0.2) is 5.78 Å². The van der Waals surface area contributed by atoms with E-state index in [4.69, 9.17) is 9.47 Å². The predicted octanol–water partition coefficient (Wildman–Crippen LogP) is 2.61. The van der Waals surface area contributed by atoms with Gasteiger partial charge in [-0.1, -0.05) is 30.3 Å². The van der Waals surface area contributed by atoms with Gasteiger partial charge in [0.1, 0.15) is 0 Å². The SMILES string of the molecule is CCOC(=O)c1c(C(=O)OCC)c(-c2ccccc2)n(C)c(=O)c1C(C)=O. The van der Waals surface area contributed by atoms with E-state index < -0.39 is 28.8 Å². The van der Waals surface area contributed by atoms with Crippen molar-refractivity contribution in [3.63, 3.8) is 0 Å². The minimum atomic E-state index is -0.916. The van der Waals surface area contributed by atoms with Gasteiger partial charge >= 0.3 is 11.9 Å². The van der Waals surface area contributed by atoms with Gasteiger partial charge in [0.2, 0.25) is 0 Å². The van der Waals surface area contributed by atoms with Crippen LogP contribution in [0.2, 0.25) is 0 Å². The molecule has 2 aromatic rings. The second kappa shape index (κ2) is 8.44. The van der Waals surface area contributed by atoms with Crippen LogP contribution >= 0.6 is 0 Å². The summed E-state index contributed by atoms with van der Waals surface area (Å²) in [7, 11) is 1.44. The monoisotopic (exact) mass is 371 g/mol. The summed E-state index contributed by atoms with van der Waals surface area (Å²) in [6.45, 7) is 4.46. The van der Waals surface area contributed by atoms with Crippen LogP contribution in [-0.4, -0.2) is 35.5 Å². The molecule has 2 rings (SSSR count). The van der Waals surface area contributed by atoms with Crippen molar-refractivity contribution >= 4 is 17.7 Å². The average molecular weight is 371 g/mol. The van der Waals surface area contributed by atoms with Crippen LogP contribution in [0.3, 0.4) is 0 Å². The predicted molar refractivity (Wildman–Crippen MR) is 99.0 cm³/mol. The Morgan fingerprint density at radius 2 is 1.41 bits per heavy atom. The zero-order valence-electron chi connectivity index (χ0n) is 15.7. The number of rotatable bonds is 6. The molecule has 0 aliphatic carbocycles. The molecule has 0 unspecified atom stereocenters. The summed E-state index contributed by atoms with van der Waals surface area (Å²) in [5.74, 6) is -2.36. The molecule has 0 atom stereocenters. The summed E-state index contributed by atoms with van der Waals surface area (Å²) in [5.41, 5.74) is -0.873. The largest absolute Gasteiger partial charge is 0.462 e. The molecule has 0 bridgehead atoms. The number of aromatic nitrogens is 1. The number of ketones is 1. The molecule has 0 spiro atoms. The first-order valence-corrected chi connectivity index (χ1v) is 8.52. The molecular formula is C20H21NO6. The average Bonchev–Trinajstić information content (AvgIpc) is 2.63. The molecule has 0 aliphatic rings. The van der Waals surface area contributed by atoms with Crippen molar-refractivity contribution in [1.29, 1.82) is 0 Å². The van der Waals surface area contributed by atoms with Crippen LogP contribution in [-0.2, 0) is 16.5 Å². The molecule has 7 nitrogen and oxygen atoms in total. The van der Waals surface area contributed by atoms with E-state index in [2.05, 4.69) is 0 Å². The summed E-state index contributed by atoms with van der Waals surface area (Å²) in [4.78, 5) is 50.4. The van der Waals surface area contributed by atoms with Gasteiger partial charge in [-0.15, -0.1) is 0 Å². The first kappa shape index (κ1) is 20.1. The number of carbonyl (C=O) groups is 3. The number of hydrogen-bond acceptors (Lipinski definition) is 6. The third-order valence-corrected chi connectivity index (χ3v) is 3.95. The van der Waals surface area contributed by atoms with E-state index in [0.717, 1.165) is 6.92 Å². The Hall–Kier alpha value is -3.22. The minimum Gasteiger partial charge on any atom is -0.462 e. The highest BCUT2D eigenvalue weighted by atomic mass is 16.5. The number of nitrogens with zero attached hydrogens (tertiary/aromatic N) is 1. The smallest absolute Gasteiger partial charge is 0.341 e. The minimum absolute atomic E-state index is 0.0221. The molecule has 0 saturated heterocycles. The molecule has 0 aliphatic heterocycles. The molecule has 0 N–H and O–H groups in total. The van der Waals surface area contributed by atoms with Crippen molar-refractivity contribution in [2.45, 2.75) is 20.8 Å². The summed E-state index contributed by atoms with van der Waals surface area (Å²) in [6.07, 6.45) is 0. The van der Waals surface area contributed by atoms with Crippen LogP contribution in [0.25, 0.3) is 11.3 Å². The Bertz CT molecular complexity index is 943. The molecule has 27 heavy (non-hydrogen) atoms. The fraction of sp³-hybridized carbons (Fsp3) is 0.300. The Morgan fingerprint density at radius 3 is 1.89 bits per heavy atom. The third kappa shape index (κ3) is 3.81. The summed E-state index contributed by atoms with van der Waals surface area (Å²) >= 11 is 0. The Morgan fingerprint density at radius 1 is 0.889 bits per heavy atom. The number of benzene rings is 1. The Labute approximate surface area is 156 Å². The number of Topliss-reactive ketones (excluding diaryl/α,β-unsaturated/α-hetero) is 1. The molecular weight excluding hydrogens is 350 g/mol. The van der Waals surface area contributed by atoms with Crippen LogP contribution in [0.1, 0.15) is 51.8 Å². The van der Waals surface area contributed by atoms with E-state index in [1.807, 2.05) is 0 Å². The first-order valence-electron chi connectivity index (χ1n) is 8.52. The van der Waals surface area contributed by atoms with Gasteiger partial charge in [-0.25, -0.2) is 9.59 Å². The quantitative estimate of drug-likeness (QED) is 0.573. The molecule has 1 aromatic heterocycles. The highest BCUT2D eigenvalue weighted by Crippen LogP contribution is 2.28. The van der Waals surface area contributed by atoms with Crippen LogP contribution in [0, 0.1) is 0 Å². The maximum atomic E-state index is 12.8. The van der Waals surface area contributed by atoms with Gasteiger partial charge in [-0.2, -0.15) is 0 Å². The van der Waals surface area contributed by atoms with Crippen molar-refractivity contribution < 1.29 is 23.9 Å². The van der Waals surface area contributed by atoms with Crippen molar-refractivity contribution in [3.8, 4) is 11.3 Å². The van der Waals surface area contributed by atoms with Gasteiger partial charge in [0.25, 0.3) is 5.56 Å². The Balaban J connectivity index is 3.04. The fourth-order valence-corrected chi connectivity index (χ4v) is 2.86. The number of esters is 2. The first-order chi connectivity index (χ1) is 12.8. The van der Waals surface area contributed by atoms with E-state index in [1.165, 1.54) is 11.6 Å². The molecule has 7 heteroatoms. The second-order valence-corrected chi connectivity index (χ2v) is 5.70. The lowest BCUT2D eigenvalue weighted by Gasteiger charge is -2.19. The highest BCUT2D eigenvalue weighted by molar-refractivity contribution is 6.13. The van der Waals surface area contributed by atoms with Gasteiger partial charge in [0.05, 0.1) is 35.6 Å². The van der Waals surface area contributed by atoms with Crippen LogP contribution in [0.4, 0.5) is 0 Å². The van der Waals surface area contributed by atoms with E-state index in [9.17, 15) is 19.2 Å². The van der Waals surface area contributed by atoms with E-state index in [0.29, 0.717) is 5.56 Å². The second-order valence-electron chi connectivity index (χ2n) is 5.70. The third-order valence-electron chi connectivity index (χ3n) is 3.95. The molecule has 0 radical (unpaired) electrons. The zero-order chi connectivity index (χ0) is 20.1. The standard InChI is InChI=1S/C20H21NO6/c1-5-26-19(24)15-14(12(3)22)18(23)21(4)17(13-10-8-7-9-11-13)16(15)20(25)27-6-2/h7-11H,5-6H2,1-4H3. The van der Waals surface area contributed by atoms with E-state index >= 15 is 0 Å². The lowest BCUT2D eigenvalue weighted by atomic mass is 9.94. The van der Waals surface area contributed by atoms with E-state index in [-0.39, 0.29) is 30.0 Å². The maximum Gasteiger partial charge on any atom is 0.341 e. The van der Waals surface area contributed by atoms with Crippen LogP contribution in [0.15, 0.2) is 35.1 Å². The van der Waals surface area contributed by atoms with Gasteiger partial charge in [-0.3, -0.25) is 9.59 Å². The van der Waals surface area contributed by atoms with E-state index in [1.54, 1.807) is 44.2 Å². The topological polar surface area (TPSA) is 91.7 Å². The molecule has 142 valence electrons. The summed E-state index contributed by atoms with van der Waals surface area (Å²) in [5, 5.41) is 0. The molecule has 1 aromatic carbocycles. The fourth-order valence-electron chi connectivity index (χ4n) is 2.86. The van der Waals surface area contributed by atoms with Crippen molar-refractivity contribution in [1.82, 2.24) is 4.57 Å². The van der Waals surface area contributed by atoms with Crippen LogP contribution < -0.4 is 5.56 Å². The summed E-state index contributed by atoms with van der Waals surface area (Å²) < 4.78 is 11.3. The van der Waals surface area contributed by atoms with Crippen LogP contribution in [0.5, 0.6) is 0 Å². The normalized spacial score (nSPS) is 10.4. The highest BCUT2D eigenvalue weighted by Gasteiger charge is 2.33. The maximum absolute atomic E-state index is 12.8.